The molecule has 150 valence electrons. The van der Waals surface area contributed by atoms with E-state index in [2.05, 4.69) is 27.6 Å². The fourth-order valence-corrected chi connectivity index (χ4v) is 3.78. The van der Waals surface area contributed by atoms with Gasteiger partial charge in [0.05, 0.1) is 5.69 Å². The predicted molar refractivity (Wildman–Crippen MR) is 109 cm³/mol. The van der Waals surface area contributed by atoms with Crippen LogP contribution >= 0.6 is 0 Å². The van der Waals surface area contributed by atoms with Crippen molar-refractivity contribution < 1.29 is 9.59 Å². The molecule has 1 atom stereocenters. The van der Waals surface area contributed by atoms with Crippen molar-refractivity contribution in [2.24, 2.45) is 7.05 Å². The Balaban J connectivity index is 1.59. The average Bonchev–Trinajstić information content (AvgIpc) is 3.20. The molecule has 0 radical (unpaired) electrons. The van der Waals surface area contributed by atoms with Gasteiger partial charge >= 0.3 is 0 Å². The van der Waals surface area contributed by atoms with E-state index in [9.17, 15) is 9.59 Å². The van der Waals surface area contributed by atoms with Crippen molar-refractivity contribution in [1.82, 2.24) is 20.0 Å². The van der Waals surface area contributed by atoms with E-state index in [0.717, 1.165) is 55.1 Å². The molecule has 1 aromatic carbocycles. The lowest BCUT2D eigenvalue weighted by Crippen LogP contribution is -2.35. The summed E-state index contributed by atoms with van der Waals surface area (Å²) < 4.78 is 1.72. The molecular formula is C21H29N5O2. The first kappa shape index (κ1) is 20.1. The summed E-state index contributed by atoms with van der Waals surface area (Å²) in [6.07, 6.45) is 1.81. The molecule has 1 saturated heterocycles. The van der Waals surface area contributed by atoms with E-state index in [4.69, 9.17) is 0 Å². The van der Waals surface area contributed by atoms with Crippen molar-refractivity contribution in [3.8, 4) is 0 Å². The van der Waals surface area contributed by atoms with E-state index in [0.29, 0.717) is 5.56 Å². The maximum absolute atomic E-state index is 12.6. The molecule has 1 aliphatic rings. The molecule has 7 heteroatoms. The largest absolute Gasteiger partial charge is 0.352 e. The number of nitrogens with one attached hydrogen (secondary N) is 2. The van der Waals surface area contributed by atoms with Crippen LogP contribution in [0, 0.1) is 6.92 Å². The monoisotopic (exact) mass is 383 g/mol. The van der Waals surface area contributed by atoms with E-state index in [1.807, 2.05) is 38.2 Å². The zero-order chi connectivity index (χ0) is 20.3. The van der Waals surface area contributed by atoms with Gasteiger partial charge in [-0.15, -0.1) is 0 Å². The summed E-state index contributed by atoms with van der Waals surface area (Å²) in [5, 5.41) is 10.4. The number of anilines is 1. The van der Waals surface area contributed by atoms with Crippen molar-refractivity contribution in [2.45, 2.75) is 46.2 Å². The second-order valence-electron chi connectivity index (χ2n) is 7.47. The number of nitrogens with zero attached hydrogens (tertiary/aromatic N) is 3. The molecule has 0 unspecified atom stereocenters. The SMILES string of the molecule is CCc1nn(C)c(NC(=O)c2ccc(CN3CC[C@@H](NC(C)=O)C3)cc2)c1C. The fourth-order valence-electron chi connectivity index (χ4n) is 3.78. The number of benzene rings is 1. The van der Waals surface area contributed by atoms with Gasteiger partial charge in [0, 0.05) is 50.8 Å². The third kappa shape index (κ3) is 4.59. The Morgan fingerprint density at radius 2 is 1.96 bits per heavy atom. The van der Waals surface area contributed by atoms with Crippen LogP contribution in [0.5, 0.6) is 0 Å². The second kappa shape index (κ2) is 8.56. The van der Waals surface area contributed by atoms with Gasteiger partial charge in [0.15, 0.2) is 0 Å². The number of carbonyl (C=O) groups is 2. The molecule has 1 fully saturated rings. The summed E-state index contributed by atoms with van der Waals surface area (Å²) in [4.78, 5) is 26.1. The number of aryl methyl sites for hydroxylation is 2. The molecule has 0 aliphatic carbocycles. The van der Waals surface area contributed by atoms with Crippen molar-refractivity contribution in [3.05, 3.63) is 46.6 Å². The lowest BCUT2D eigenvalue weighted by Gasteiger charge is -2.16. The standard InChI is InChI=1S/C21H29N5O2/c1-5-19-14(2)20(25(4)24-19)23-21(28)17-8-6-16(7-9-17)12-26-11-10-18(13-26)22-15(3)27/h6-9,18H,5,10-13H2,1-4H3,(H,22,27)(H,23,28)/t18-/m1/s1. The third-order valence-electron chi connectivity index (χ3n) is 5.25. The second-order valence-corrected chi connectivity index (χ2v) is 7.47. The molecule has 2 aromatic rings. The van der Waals surface area contributed by atoms with Crippen molar-refractivity contribution in [1.29, 1.82) is 0 Å². The van der Waals surface area contributed by atoms with E-state index in [-0.39, 0.29) is 17.9 Å². The first-order valence-corrected chi connectivity index (χ1v) is 9.79. The van der Waals surface area contributed by atoms with Gasteiger partial charge in [-0.05, 0) is 37.5 Å². The first-order chi connectivity index (χ1) is 13.4. The number of rotatable bonds is 6. The summed E-state index contributed by atoms with van der Waals surface area (Å²) in [6, 6.07) is 7.94. The zero-order valence-electron chi connectivity index (χ0n) is 17.1. The molecule has 0 bridgehead atoms. The molecule has 1 aromatic heterocycles. The molecule has 2 heterocycles. The highest BCUT2D eigenvalue weighted by molar-refractivity contribution is 6.04. The average molecular weight is 383 g/mol. The van der Waals surface area contributed by atoms with Gasteiger partial charge in [-0.1, -0.05) is 19.1 Å². The molecule has 7 nitrogen and oxygen atoms in total. The van der Waals surface area contributed by atoms with Crippen molar-refractivity contribution in [3.63, 3.8) is 0 Å². The van der Waals surface area contributed by atoms with Crippen LogP contribution in [0.15, 0.2) is 24.3 Å². The van der Waals surface area contributed by atoms with Gasteiger partial charge in [0.2, 0.25) is 5.91 Å². The number of aromatic nitrogens is 2. The first-order valence-electron chi connectivity index (χ1n) is 9.79. The van der Waals surface area contributed by atoms with Crippen LogP contribution in [0.25, 0.3) is 0 Å². The Labute approximate surface area is 166 Å². The summed E-state index contributed by atoms with van der Waals surface area (Å²) in [6.45, 7) is 8.24. The van der Waals surface area contributed by atoms with Gasteiger partial charge in [-0.25, -0.2) is 0 Å². The predicted octanol–water partition coefficient (Wildman–Crippen LogP) is 2.25. The van der Waals surface area contributed by atoms with Crippen LogP contribution in [0.3, 0.4) is 0 Å². The van der Waals surface area contributed by atoms with Crippen molar-refractivity contribution in [2.75, 3.05) is 18.4 Å². The summed E-state index contributed by atoms with van der Waals surface area (Å²) in [7, 11) is 1.84. The maximum Gasteiger partial charge on any atom is 0.256 e. The Morgan fingerprint density at radius 1 is 1.25 bits per heavy atom. The highest BCUT2D eigenvalue weighted by Gasteiger charge is 2.23. The van der Waals surface area contributed by atoms with Gasteiger partial charge in [-0.3, -0.25) is 19.2 Å². The minimum atomic E-state index is -0.132. The van der Waals surface area contributed by atoms with Gasteiger partial charge in [-0.2, -0.15) is 5.10 Å². The molecule has 3 rings (SSSR count). The number of amides is 2. The minimum Gasteiger partial charge on any atom is -0.352 e. The molecule has 0 saturated carbocycles. The highest BCUT2D eigenvalue weighted by atomic mass is 16.2. The van der Waals surface area contributed by atoms with E-state index in [1.54, 1.807) is 11.6 Å². The lowest BCUT2D eigenvalue weighted by atomic mass is 10.1. The molecule has 0 spiro atoms. The minimum absolute atomic E-state index is 0.0249. The fraction of sp³-hybridized carbons (Fsp3) is 0.476. The molecular weight excluding hydrogens is 354 g/mol. The van der Waals surface area contributed by atoms with Crippen molar-refractivity contribution >= 4 is 17.6 Å². The van der Waals surface area contributed by atoms with Crippen LogP contribution in [-0.4, -0.2) is 45.6 Å². The highest BCUT2D eigenvalue weighted by Crippen LogP contribution is 2.20. The molecule has 28 heavy (non-hydrogen) atoms. The van der Waals surface area contributed by atoms with E-state index >= 15 is 0 Å². The molecule has 2 N–H and O–H groups in total. The number of hydrogen-bond donors (Lipinski definition) is 2. The lowest BCUT2D eigenvalue weighted by molar-refractivity contribution is -0.119. The Bertz CT molecular complexity index is 856. The smallest absolute Gasteiger partial charge is 0.256 e. The zero-order valence-corrected chi connectivity index (χ0v) is 17.1. The van der Waals surface area contributed by atoms with Gasteiger partial charge in [0.25, 0.3) is 5.91 Å². The molecule has 1 aliphatic heterocycles. The maximum atomic E-state index is 12.6. The van der Waals surface area contributed by atoms with Crippen LogP contribution < -0.4 is 10.6 Å². The Morgan fingerprint density at radius 3 is 2.57 bits per heavy atom. The Hall–Kier alpha value is -2.67. The number of likely N-dealkylation sites (tertiary alicyclic amines) is 1. The van der Waals surface area contributed by atoms with Gasteiger partial charge in [0.1, 0.15) is 5.82 Å². The quantitative estimate of drug-likeness (QED) is 0.802. The number of hydrogen-bond acceptors (Lipinski definition) is 4. The topological polar surface area (TPSA) is 79.3 Å². The van der Waals surface area contributed by atoms with Crippen LogP contribution in [0.2, 0.25) is 0 Å². The Kier molecular flexibility index (Phi) is 6.14. The van der Waals surface area contributed by atoms with E-state index < -0.39 is 0 Å². The summed E-state index contributed by atoms with van der Waals surface area (Å²) >= 11 is 0. The van der Waals surface area contributed by atoms with Crippen LogP contribution in [0.4, 0.5) is 5.82 Å². The van der Waals surface area contributed by atoms with Crippen LogP contribution in [-0.2, 0) is 24.8 Å². The van der Waals surface area contributed by atoms with E-state index in [1.165, 1.54) is 0 Å². The molecule has 2 amide bonds. The summed E-state index contributed by atoms with van der Waals surface area (Å²) in [5.74, 6) is 0.635. The number of carbonyl (C=O) groups excluding carboxylic acids is 2. The van der Waals surface area contributed by atoms with Gasteiger partial charge < -0.3 is 10.6 Å². The summed E-state index contributed by atoms with van der Waals surface area (Å²) in [5.41, 5.74) is 3.79. The third-order valence-corrected chi connectivity index (χ3v) is 5.25. The van der Waals surface area contributed by atoms with Crippen LogP contribution in [0.1, 0.15) is 47.4 Å². The normalized spacial score (nSPS) is 16.9.